The Morgan fingerprint density at radius 1 is 0.917 bits per heavy atom. The van der Waals surface area contributed by atoms with E-state index in [0.717, 1.165) is 0 Å². The van der Waals surface area contributed by atoms with Crippen molar-refractivity contribution in [1.29, 1.82) is 0 Å². The van der Waals surface area contributed by atoms with Gasteiger partial charge in [0.05, 0.1) is 0 Å². The van der Waals surface area contributed by atoms with Gasteiger partial charge < -0.3 is 15.3 Å². The number of rotatable bonds is 0. The third-order valence-corrected chi connectivity index (χ3v) is 4.68. The van der Waals surface area contributed by atoms with Crippen molar-refractivity contribution in [2.24, 2.45) is 0 Å². The molecule has 5 heteroatoms. The minimum Gasteiger partial charge on any atom is -0.507 e. The summed E-state index contributed by atoms with van der Waals surface area (Å²) < 4.78 is 0. The molecule has 0 radical (unpaired) electrons. The zero-order valence-corrected chi connectivity index (χ0v) is 12.8. The Hall–Kier alpha value is -2.92. The van der Waals surface area contributed by atoms with Gasteiger partial charge in [-0.05, 0) is 12.5 Å². The van der Waals surface area contributed by atoms with Crippen LogP contribution < -0.4 is 0 Å². The fraction of sp³-hybridized carbons (Fsp3) is 0.158. The first-order chi connectivity index (χ1) is 11.3. The molecular weight excluding hydrogens is 308 g/mol. The number of Topliss-reactive ketones (excluding diaryl/α,β-unsaturated/α-hetero) is 2. The van der Waals surface area contributed by atoms with Crippen LogP contribution in [0.4, 0.5) is 0 Å². The molecule has 1 unspecified atom stereocenters. The van der Waals surface area contributed by atoms with E-state index in [4.69, 9.17) is 0 Å². The topological polar surface area (TPSA) is 94.8 Å². The Bertz CT molecular complexity index is 1060. The van der Waals surface area contributed by atoms with Crippen LogP contribution in [0.3, 0.4) is 0 Å². The molecule has 1 aliphatic rings. The predicted molar refractivity (Wildman–Crippen MR) is 88.4 cm³/mol. The first kappa shape index (κ1) is 14.7. The summed E-state index contributed by atoms with van der Waals surface area (Å²) in [6.07, 6.45) is -0.0180. The maximum Gasteiger partial charge on any atom is 0.234 e. The van der Waals surface area contributed by atoms with Crippen molar-refractivity contribution in [3.63, 3.8) is 0 Å². The van der Waals surface area contributed by atoms with Gasteiger partial charge in [0.15, 0.2) is 0 Å². The molecule has 0 aromatic heterocycles. The van der Waals surface area contributed by atoms with E-state index >= 15 is 0 Å². The minimum atomic E-state index is -1.76. The summed E-state index contributed by atoms with van der Waals surface area (Å²) in [5, 5.41) is 32.7. The molecule has 120 valence electrons. The third-order valence-electron chi connectivity index (χ3n) is 4.68. The lowest BCUT2D eigenvalue weighted by Gasteiger charge is -2.28. The van der Waals surface area contributed by atoms with E-state index in [2.05, 4.69) is 0 Å². The summed E-state index contributed by atoms with van der Waals surface area (Å²) in [6.45, 7) is 1.30. The molecule has 1 atom stereocenters. The highest BCUT2D eigenvalue weighted by atomic mass is 16.3. The predicted octanol–water partition coefficient (Wildman–Crippen LogP) is 2.46. The van der Waals surface area contributed by atoms with E-state index in [1.54, 1.807) is 36.4 Å². The first-order valence-corrected chi connectivity index (χ1v) is 7.52. The molecule has 0 spiro atoms. The maximum atomic E-state index is 12.5. The smallest absolute Gasteiger partial charge is 0.234 e. The molecule has 3 aromatic carbocycles. The monoisotopic (exact) mass is 322 g/mol. The van der Waals surface area contributed by atoms with Crippen molar-refractivity contribution in [2.45, 2.75) is 18.9 Å². The minimum absolute atomic E-state index is 0.0180. The zero-order chi connectivity index (χ0) is 17.2. The van der Waals surface area contributed by atoms with Gasteiger partial charge in [0, 0.05) is 33.5 Å². The molecule has 0 fully saturated rings. The number of phenols is 2. The average molecular weight is 322 g/mol. The second kappa shape index (κ2) is 4.55. The van der Waals surface area contributed by atoms with Crippen LogP contribution in [0, 0.1) is 0 Å². The van der Waals surface area contributed by atoms with Crippen LogP contribution in [-0.4, -0.2) is 32.5 Å². The summed E-state index contributed by atoms with van der Waals surface area (Å²) >= 11 is 0. The van der Waals surface area contributed by atoms with Crippen LogP contribution in [0.5, 0.6) is 11.5 Å². The molecule has 1 aliphatic carbocycles. The summed E-state index contributed by atoms with van der Waals surface area (Å²) in [4.78, 5) is 24.7. The molecule has 0 amide bonds. The summed E-state index contributed by atoms with van der Waals surface area (Å²) in [5.41, 5.74) is -1.23. The fourth-order valence-corrected chi connectivity index (χ4v) is 3.48. The number of carbonyl (C=O) groups excluding carboxylic acids is 2. The van der Waals surface area contributed by atoms with Crippen LogP contribution in [0.15, 0.2) is 36.4 Å². The highest BCUT2D eigenvalue weighted by Gasteiger charge is 2.43. The maximum absolute atomic E-state index is 12.5. The van der Waals surface area contributed by atoms with Gasteiger partial charge in [-0.15, -0.1) is 0 Å². The van der Waals surface area contributed by atoms with Crippen molar-refractivity contribution in [2.75, 3.05) is 0 Å². The highest BCUT2D eigenvalue weighted by molar-refractivity contribution is 6.49. The summed E-state index contributed by atoms with van der Waals surface area (Å²) in [7, 11) is 0. The van der Waals surface area contributed by atoms with Gasteiger partial charge in [-0.1, -0.05) is 36.4 Å². The largest absolute Gasteiger partial charge is 0.507 e. The Kier molecular flexibility index (Phi) is 2.78. The van der Waals surface area contributed by atoms with Crippen molar-refractivity contribution >= 4 is 33.1 Å². The van der Waals surface area contributed by atoms with E-state index in [9.17, 15) is 24.9 Å². The number of hydrogen-bond acceptors (Lipinski definition) is 5. The second-order valence-electron chi connectivity index (χ2n) is 6.37. The summed E-state index contributed by atoms with van der Waals surface area (Å²) in [6, 6.07) is 9.94. The van der Waals surface area contributed by atoms with Gasteiger partial charge >= 0.3 is 0 Å². The molecule has 0 saturated heterocycles. The molecule has 5 nitrogen and oxygen atoms in total. The van der Waals surface area contributed by atoms with Crippen molar-refractivity contribution in [3.05, 3.63) is 47.5 Å². The van der Waals surface area contributed by atoms with Gasteiger partial charge in [-0.2, -0.15) is 0 Å². The Morgan fingerprint density at radius 2 is 1.54 bits per heavy atom. The Balaban J connectivity index is 2.21. The van der Waals surface area contributed by atoms with Crippen LogP contribution in [0.2, 0.25) is 0 Å². The molecular formula is C19H14O5. The SMILES string of the molecule is CC1(O)Cc2ccc3c(O)c4ccccc4c(O)c3c2C(=O)C1=O. The van der Waals surface area contributed by atoms with Crippen molar-refractivity contribution < 1.29 is 24.9 Å². The quantitative estimate of drug-likeness (QED) is 0.336. The second-order valence-corrected chi connectivity index (χ2v) is 6.37. The lowest BCUT2D eigenvalue weighted by molar-refractivity contribution is -0.131. The lowest BCUT2D eigenvalue weighted by Crippen LogP contribution is -2.46. The van der Waals surface area contributed by atoms with Gasteiger partial charge in [0.25, 0.3) is 0 Å². The van der Waals surface area contributed by atoms with Crippen LogP contribution in [-0.2, 0) is 11.2 Å². The number of ketones is 2. The standard InChI is InChI=1S/C19H14O5/c1-19(24)8-9-6-7-12-14(13(9)17(22)18(19)23)16(21)11-5-3-2-4-10(11)15(12)20/h2-7,20-21,24H,8H2,1H3. The number of phenolic OH excluding ortho intramolecular Hbond substituents is 2. The van der Waals surface area contributed by atoms with E-state index in [1.807, 2.05) is 0 Å². The number of hydrogen-bond donors (Lipinski definition) is 3. The Labute approximate surface area is 136 Å². The molecule has 4 rings (SSSR count). The molecule has 0 bridgehead atoms. The van der Waals surface area contributed by atoms with Crippen LogP contribution >= 0.6 is 0 Å². The van der Waals surface area contributed by atoms with E-state index < -0.39 is 17.2 Å². The number of carbonyl (C=O) groups is 2. The molecule has 0 saturated carbocycles. The van der Waals surface area contributed by atoms with Gasteiger partial charge in [-0.3, -0.25) is 9.59 Å². The number of benzene rings is 3. The number of aliphatic hydroxyl groups is 1. The highest BCUT2D eigenvalue weighted by Crippen LogP contribution is 2.45. The molecule has 24 heavy (non-hydrogen) atoms. The van der Waals surface area contributed by atoms with Gasteiger partial charge in [-0.25, -0.2) is 0 Å². The zero-order valence-electron chi connectivity index (χ0n) is 12.8. The molecule has 3 aromatic rings. The van der Waals surface area contributed by atoms with Crippen LogP contribution in [0.25, 0.3) is 21.5 Å². The molecule has 3 N–H and O–H groups in total. The Morgan fingerprint density at radius 3 is 2.21 bits per heavy atom. The molecule has 0 aliphatic heterocycles. The normalized spacial score (nSPS) is 20.6. The number of fused-ring (bicyclic) bond motifs is 4. The third kappa shape index (κ3) is 1.73. The first-order valence-electron chi connectivity index (χ1n) is 7.52. The van der Waals surface area contributed by atoms with Crippen molar-refractivity contribution in [3.8, 4) is 11.5 Å². The van der Waals surface area contributed by atoms with Crippen molar-refractivity contribution in [1.82, 2.24) is 0 Å². The van der Waals surface area contributed by atoms with Crippen LogP contribution in [0.1, 0.15) is 22.8 Å². The fourth-order valence-electron chi connectivity index (χ4n) is 3.48. The lowest BCUT2D eigenvalue weighted by atomic mass is 9.77. The van der Waals surface area contributed by atoms with E-state index in [1.165, 1.54) is 6.92 Å². The molecule has 0 heterocycles. The van der Waals surface area contributed by atoms with Gasteiger partial charge in [0.1, 0.15) is 17.1 Å². The van der Waals surface area contributed by atoms with E-state index in [0.29, 0.717) is 21.7 Å². The average Bonchev–Trinajstić information content (AvgIpc) is 2.56. The van der Waals surface area contributed by atoms with E-state index in [-0.39, 0.29) is 28.9 Å². The van der Waals surface area contributed by atoms with Gasteiger partial charge in [0.2, 0.25) is 11.6 Å². The number of aromatic hydroxyl groups is 2. The summed E-state index contributed by atoms with van der Waals surface area (Å²) in [5.74, 6) is -1.97.